The molecule has 0 saturated carbocycles. The zero-order chi connectivity index (χ0) is 25.1. The van der Waals surface area contributed by atoms with Crippen molar-refractivity contribution in [1.29, 1.82) is 5.41 Å². The molecule has 2 aromatic rings. The van der Waals surface area contributed by atoms with E-state index in [2.05, 4.69) is 17.6 Å². The number of carbonyl (C=O) groups excluding carboxylic acids is 1. The molecule has 4 N–H and O–H groups in total. The standard InChI is InChI=1S/C27H39N5O3/c1-3-7-23(27(34)35)32-15-6-9-22(32)26(33)31-14-5-8-20(31)12-13-21-16-18-10-11-19(25(28)29)17-24(18)30(21)4-2/h10-11,16-17,20,22-23H,3-9,12-15H2,1-2H3,(H3,28,29)(H,34,35)/t20-,22+,23?/m0/s1. The number of nitrogens with one attached hydrogen (secondary N) is 1. The molecule has 3 atom stereocenters. The molecule has 8 heteroatoms. The highest BCUT2D eigenvalue weighted by molar-refractivity contribution is 5.98. The van der Waals surface area contributed by atoms with E-state index >= 15 is 0 Å². The van der Waals surface area contributed by atoms with Gasteiger partial charge in [0.1, 0.15) is 11.9 Å². The Labute approximate surface area is 207 Å². The number of hydrogen-bond acceptors (Lipinski definition) is 4. The smallest absolute Gasteiger partial charge is 0.320 e. The number of benzene rings is 1. The first-order valence-electron chi connectivity index (χ1n) is 13.1. The van der Waals surface area contributed by atoms with Crippen molar-refractivity contribution < 1.29 is 14.7 Å². The van der Waals surface area contributed by atoms with Crippen LogP contribution in [0.2, 0.25) is 0 Å². The molecule has 2 aliphatic rings. The van der Waals surface area contributed by atoms with E-state index in [0.29, 0.717) is 13.0 Å². The predicted molar refractivity (Wildman–Crippen MR) is 138 cm³/mol. The summed E-state index contributed by atoms with van der Waals surface area (Å²) in [7, 11) is 0. The van der Waals surface area contributed by atoms with Gasteiger partial charge in [0.25, 0.3) is 0 Å². The van der Waals surface area contributed by atoms with Gasteiger partial charge < -0.3 is 20.3 Å². The lowest BCUT2D eigenvalue weighted by Crippen LogP contribution is -2.52. The van der Waals surface area contributed by atoms with Gasteiger partial charge in [0.2, 0.25) is 5.91 Å². The molecule has 2 aliphatic heterocycles. The van der Waals surface area contributed by atoms with Gasteiger partial charge in [-0.2, -0.15) is 0 Å². The van der Waals surface area contributed by atoms with Crippen molar-refractivity contribution in [3.05, 3.63) is 35.5 Å². The molecule has 0 bridgehead atoms. The summed E-state index contributed by atoms with van der Waals surface area (Å²) < 4.78 is 2.28. The fourth-order valence-electron chi connectivity index (χ4n) is 6.12. The number of carboxylic acid groups (broad SMARTS) is 1. The van der Waals surface area contributed by atoms with Gasteiger partial charge in [-0.25, -0.2) is 0 Å². The van der Waals surface area contributed by atoms with Gasteiger partial charge in [-0.15, -0.1) is 0 Å². The molecule has 1 amide bonds. The van der Waals surface area contributed by atoms with Crippen molar-refractivity contribution in [3.8, 4) is 0 Å². The van der Waals surface area contributed by atoms with Crippen LogP contribution in [0.15, 0.2) is 24.3 Å². The van der Waals surface area contributed by atoms with E-state index in [1.54, 1.807) is 0 Å². The van der Waals surface area contributed by atoms with Gasteiger partial charge >= 0.3 is 5.97 Å². The molecule has 0 spiro atoms. The number of fused-ring (bicyclic) bond motifs is 1. The van der Waals surface area contributed by atoms with Crippen LogP contribution in [0, 0.1) is 5.41 Å². The average Bonchev–Trinajstić information content (AvgIpc) is 3.57. The molecule has 3 heterocycles. The van der Waals surface area contributed by atoms with Crippen LogP contribution < -0.4 is 5.73 Å². The second kappa shape index (κ2) is 10.8. The van der Waals surface area contributed by atoms with E-state index < -0.39 is 12.0 Å². The van der Waals surface area contributed by atoms with Crippen molar-refractivity contribution in [2.75, 3.05) is 13.1 Å². The molecular weight excluding hydrogens is 442 g/mol. The quantitative estimate of drug-likeness (QED) is 0.354. The zero-order valence-corrected chi connectivity index (χ0v) is 21.0. The average molecular weight is 482 g/mol. The summed E-state index contributed by atoms with van der Waals surface area (Å²) in [5.41, 5.74) is 8.76. The van der Waals surface area contributed by atoms with Crippen LogP contribution in [-0.4, -0.2) is 68.4 Å². The summed E-state index contributed by atoms with van der Waals surface area (Å²) in [4.78, 5) is 29.5. The lowest BCUT2D eigenvalue weighted by atomic mass is 10.0. The molecule has 2 saturated heterocycles. The Hall–Kier alpha value is -2.87. The Bertz CT molecular complexity index is 1090. The Morgan fingerprint density at radius 3 is 2.63 bits per heavy atom. The molecule has 1 unspecified atom stereocenters. The minimum atomic E-state index is -0.815. The maximum atomic E-state index is 13.6. The summed E-state index contributed by atoms with van der Waals surface area (Å²) in [5, 5.41) is 18.7. The largest absolute Gasteiger partial charge is 0.480 e. The lowest BCUT2D eigenvalue weighted by Gasteiger charge is -2.34. The Morgan fingerprint density at radius 2 is 1.94 bits per heavy atom. The number of aromatic nitrogens is 1. The summed E-state index contributed by atoms with van der Waals surface area (Å²) in [6.07, 6.45) is 6.75. The minimum Gasteiger partial charge on any atom is -0.480 e. The van der Waals surface area contributed by atoms with E-state index in [-0.39, 0.29) is 23.8 Å². The Morgan fingerprint density at radius 1 is 1.17 bits per heavy atom. The number of nitrogens with zero attached hydrogens (tertiary/aromatic N) is 3. The van der Waals surface area contributed by atoms with Gasteiger partial charge in [-0.3, -0.25) is 19.9 Å². The number of nitrogen functional groups attached to an aromatic ring is 1. The highest BCUT2D eigenvalue weighted by Gasteiger charge is 2.42. The summed E-state index contributed by atoms with van der Waals surface area (Å²) in [5.74, 6) is -0.623. The predicted octanol–water partition coefficient (Wildman–Crippen LogP) is 3.59. The molecule has 1 aromatic carbocycles. The molecule has 2 fully saturated rings. The van der Waals surface area contributed by atoms with Crippen molar-refractivity contribution >= 4 is 28.6 Å². The maximum absolute atomic E-state index is 13.6. The third kappa shape index (κ3) is 5.08. The Kier molecular flexibility index (Phi) is 7.79. The van der Waals surface area contributed by atoms with Crippen molar-refractivity contribution in [2.24, 2.45) is 5.73 Å². The van der Waals surface area contributed by atoms with Crippen LogP contribution >= 0.6 is 0 Å². The van der Waals surface area contributed by atoms with Gasteiger partial charge in [-0.05, 0) is 75.9 Å². The van der Waals surface area contributed by atoms with Crippen molar-refractivity contribution in [3.63, 3.8) is 0 Å². The van der Waals surface area contributed by atoms with Crippen molar-refractivity contribution in [2.45, 2.75) is 89.9 Å². The number of amidine groups is 1. The molecule has 0 radical (unpaired) electrons. The van der Waals surface area contributed by atoms with Crippen LogP contribution in [0.3, 0.4) is 0 Å². The number of aryl methyl sites for hydroxylation is 2. The number of nitrogens with two attached hydrogens (primary N) is 1. The normalized spacial score (nSPS) is 21.6. The number of rotatable bonds is 10. The maximum Gasteiger partial charge on any atom is 0.320 e. The summed E-state index contributed by atoms with van der Waals surface area (Å²) in [6.45, 7) is 6.40. The first kappa shape index (κ1) is 25.2. The fourth-order valence-corrected chi connectivity index (χ4v) is 6.12. The Balaban J connectivity index is 1.48. The van der Waals surface area contributed by atoms with Crippen LogP contribution in [0.5, 0.6) is 0 Å². The number of hydrogen-bond donors (Lipinski definition) is 3. The SMILES string of the molecule is CCCC(C(=O)O)N1CCC[C@@H]1C(=O)N1CCC[C@H]1CCc1cc2ccc(C(=N)N)cc2n1CC. The number of carbonyl (C=O) groups is 2. The van der Waals surface area contributed by atoms with E-state index in [4.69, 9.17) is 11.1 Å². The monoisotopic (exact) mass is 481 g/mol. The highest BCUT2D eigenvalue weighted by atomic mass is 16.4. The first-order valence-corrected chi connectivity index (χ1v) is 13.1. The molecule has 0 aliphatic carbocycles. The van der Waals surface area contributed by atoms with E-state index in [9.17, 15) is 14.7 Å². The van der Waals surface area contributed by atoms with Gasteiger partial charge in [-0.1, -0.05) is 25.5 Å². The third-order valence-electron chi connectivity index (χ3n) is 7.84. The summed E-state index contributed by atoms with van der Waals surface area (Å²) >= 11 is 0. The number of likely N-dealkylation sites (tertiary alicyclic amines) is 2. The first-order chi connectivity index (χ1) is 16.8. The van der Waals surface area contributed by atoms with Crippen LogP contribution in [0.1, 0.15) is 70.1 Å². The summed E-state index contributed by atoms with van der Waals surface area (Å²) in [6, 6.07) is 7.42. The third-order valence-corrected chi connectivity index (χ3v) is 7.84. The number of carboxylic acids is 1. The topological polar surface area (TPSA) is 116 Å². The lowest BCUT2D eigenvalue weighted by molar-refractivity contribution is -0.147. The number of amides is 1. The van der Waals surface area contributed by atoms with E-state index in [1.807, 2.05) is 34.9 Å². The molecule has 1 aromatic heterocycles. The van der Waals surface area contributed by atoms with Gasteiger partial charge in [0.05, 0.1) is 6.04 Å². The van der Waals surface area contributed by atoms with Crippen LogP contribution in [0.4, 0.5) is 0 Å². The molecule has 4 rings (SSSR count). The fraction of sp³-hybridized carbons (Fsp3) is 0.593. The van der Waals surface area contributed by atoms with Gasteiger partial charge in [0.15, 0.2) is 0 Å². The van der Waals surface area contributed by atoms with Crippen LogP contribution in [-0.2, 0) is 22.6 Å². The molecule has 35 heavy (non-hydrogen) atoms. The second-order valence-corrected chi connectivity index (χ2v) is 9.97. The molecule has 8 nitrogen and oxygen atoms in total. The van der Waals surface area contributed by atoms with Crippen LogP contribution in [0.25, 0.3) is 10.9 Å². The highest BCUT2D eigenvalue weighted by Crippen LogP contribution is 2.30. The van der Waals surface area contributed by atoms with Crippen molar-refractivity contribution in [1.82, 2.24) is 14.4 Å². The minimum absolute atomic E-state index is 0.0717. The van der Waals surface area contributed by atoms with Gasteiger partial charge in [0, 0.05) is 35.9 Å². The second-order valence-electron chi connectivity index (χ2n) is 9.97. The molecule has 190 valence electrons. The zero-order valence-electron chi connectivity index (χ0n) is 21.0. The number of aliphatic carboxylic acids is 1. The van der Waals surface area contributed by atoms with E-state index in [0.717, 1.165) is 74.5 Å². The molecular formula is C27H39N5O3. The van der Waals surface area contributed by atoms with E-state index in [1.165, 1.54) is 5.69 Å².